The van der Waals surface area contributed by atoms with E-state index in [1.165, 1.54) is 18.9 Å². The van der Waals surface area contributed by atoms with E-state index in [1.807, 2.05) is 6.92 Å². The van der Waals surface area contributed by atoms with Crippen LogP contribution in [-0.2, 0) is 0 Å². The fourth-order valence-electron chi connectivity index (χ4n) is 1.59. The summed E-state index contributed by atoms with van der Waals surface area (Å²) in [6, 6.07) is 3.13. The van der Waals surface area contributed by atoms with Crippen LogP contribution in [0.1, 0.15) is 31.7 Å². The molecule has 0 saturated carbocycles. The second-order valence-electron chi connectivity index (χ2n) is 4.01. The van der Waals surface area contributed by atoms with Crippen LogP contribution in [0.3, 0.4) is 0 Å². The number of nitro benzene ring substituents is 1. The number of halogens is 1. The zero-order valence-corrected chi connectivity index (χ0v) is 10.9. The number of benzene rings is 1. The van der Waals surface area contributed by atoms with Gasteiger partial charge in [-0.2, -0.15) is 0 Å². The topological polar surface area (TPSA) is 55.2 Å². The van der Waals surface area contributed by atoms with Gasteiger partial charge in [-0.1, -0.05) is 31.4 Å². The molecule has 0 aliphatic heterocycles. The number of hydrogen-bond donors (Lipinski definition) is 1. The van der Waals surface area contributed by atoms with Crippen molar-refractivity contribution in [3.8, 4) is 0 Å². The van der Waals surface area contributed by atoms with Gasteiger partial charge in [0.05, 0.1) is 4.92 Å². The smallest absolute Gasteiger partial charge is 0.288 e. The van der Waals surface area contributed by atoms with Crippen LogP contribution in [0.15, 0.2) is 12.1 Å². The van der Waals surface area contributed by atoms with E-state index in [9.17, 15) is 10.1 Å². The first-order chi connectivity index (χ1) is 8.06. The largest absolute Gasteiger partial charge is 0.385 e. The summed E-state index contributed by atoms with van der Waals surface area (Å²) in [7, 11) is 0. The molecule has 0 amide bonds. The van der Waals surface area contributed by atoms with Gasteiger partial charge in [-0.15, -0.1) is 0 Å². The third-order valence-corrected chi connectivity index (χ3v) is 2.89. The molecule has 0 fully saturated rings. The molecule has 0 aliphatic carbocycles. The van der Waals surface area contributed by atoms with Crippen LogP contribution in [0.25, 0.3) is 0 Å². The number of nitrogens with zero attached hydrogens (tertiary/aromatic N) is 1. The van der Waals surface area contributed by atoms with Gasteiger partial charge in [0.25, 0.3) is 5.69 Å². The van der Waals surface area contributed by atoms with Gasteiger partial charge in [-0.3, -0.25) is 10.1 Å². The van der Waals surface area contributed by atoms with E-state index in [4.69, 9.17) is 11.6 Å². The molecule has 94 valence electrons. The van der Waals surface area contributed by atoms with E-state index >= 15 is 0 Å². The summed E-state index contributed by atoms with van der Waals surface area (Å²) in [6.45, 7) is 4.85. The number of hydrogen-bond acceptors (Lipinski definition) is 3. The van der Waals surface area contributed by atoms with Crippen molar-refractivity contribution in [2.75, 3.05) is 11.9 Å². The predicted octanol–water partition coefficient (Wildman–Crippen LogP) is 4.16. The van der Waals surface area contributed by atoms with Gasteiger partial charge in [-0.05, 0) is 25.0 Å². The second kappa shape index (κ2) is 6.45. The summed E-state index contributed by atoms with van der Waals surface area (Å²) in [5.74, 6) is 0. The molecule has 1 aromatic rings. The molecule has 4 nitrogen and oxygen atoms in total. The first-order valence-corrected chi connectivity index (χ1v) is 6.12. The van der Waals surface area contributed by atoms with Crippen LogP contribution < -0.4 is 5.32 Å². The summed E-state index contributed by atoms with van der Waals surface area (Å²) < 4.78 is 0. The lowest BCUT2D eigenvalue weighted by Gasteiger charge is -2.09. The number of anilines is 1. The van der Waals surface area contributed by atoms with Crippen LogP contribution in [-0.4, -0.2) is 11.5 Å². The number of unbranched alkanes of at least 4 members (excludes halogenated alkanes) is 2. The Morgan fingerprint density at radius 1 is 1.41 bits per heavy atom. The molecular formula is C12H17ClN2O2. The maximum Gasteiger partial charge on any atom is 0.288 e. The van der Waals surface area contributed by atoms with E-state index in [-0.39, 0.29) is 10.7 Å². The minimum Gasteiger partial charge on any atom is -0.385 e. The highest BCUT2D eigenvalue weighted by atomic mass is 35.5. The SMILES string of the molecule is CCCCCNc1cc(Cl)c([N+](=O)[O-])cc1C. The fourth-order valence-corrected chi connectivity index (χ4v) is 1.83. The summed E-state index contributed by atoms with van der Waals surface area (Å²) in [5, 5.41) is 14.1. The standard InChI is InChI=1S/C12H17ClN2O2/c1-3-4-5-6-14-11-8-10(13)12(15(16)17)7-9(11)2/h7-8,14H,3-6H2,1-2H3. The summed E-state index contributed by atoms with van der Waals surface area (Å²) in [5.41, 5.74) is 1.68. The average molecular weight is 257 g/mol. The van der Waals surface area contributed by atoms with Gasteiger partial charge < -0.3 is 5.32 Å². The molecule has 0 aliphatic rings. The third kappa shape index (κ3) is 3.89. The Bertz CT molecular complexity index is 408. The van der Waals surface area contributed by atoms with Gasteiger partial charge in [-0.25, -0.2) is 0 Å². The summed E-state index contributed by atoms with van der Waals surface area (Å²) in [6.07, 6.45) is 3.43. The van der Waals surface area contributed by atoms with E-state index < -0.39 is 4.92 Å². The summed E-state index contributed by atoms with van der Waals surface area (Å²) >= 11 is 5.85. The molecule has 0 bridgehead atoms. The van der Waals surface area contributed by atoms with Crippen molar-refractivity contribution in [1.82, 2.24) is 0 Å². The van der Waals surface area contributed by atoms with Crippen molar-refractivity contribution >= 4 is 23.0 Å². The van der Waals surface area contributed by atoms with Gasteiger partial charge in [0, 0.05) is 18.3 Å². The van der Waals surface area contributed by atoms with E-state index in [0.717, 1.165) is 24.2 Å². The van der Waals surface area contributed by atoms with E-state index in [0.29, 0.717) is 0 Å². The quantitative estimate of drug-likeness (QED) is 0.472. The van der Waals surface area contributed by atoms with Crippen molar-refractivity contribution in [2.24, 2.45) is 0 Å². The van der Waals surface area contributed by atoms with Gasteiger partial charge in [0.15, 0.2) is 0 Å². The zero-order chi connectivity index (χ0) is 12.8. The second-order valence-corrected chi connectivity index (χ2v) is 4.42. The molecule has 0 radical (unpaired) electrons. The Morgan fingerprint density at radius 3 is 2.71 bits per heavy atom. The summed E-state index contributed by atoms with van der Waals surface area (Å²) in [4.78, 5) is 10.2. The highest BCUT2D eigenvalue weighted by Gasteiger charge is 2.14. The highest BCUT2D eigenvalue weighted by Crippen LogP contribution is 2.30. The first kappa shape index (κ1) is 13.8. The highest BCUT2D eigenvalue weighted by molar-refractivity contribution is 6.33. The normalized spacial score (nSPS) is 10.3. The van der Waals surface area contributed by atoms with Crippen molar-refractivity contribution in [1.29, 1.82) is 0 Å². The minimum atomic E-state index is -0.462. The lowest BCUT2D eigenvalue weighted by atomic mass is 10.1. The molecule has 0 spiro atoms. The van der Waals surface area contributed by atoms with Crippen molar-refractivity contribution < 1.29 is 4.92 Å². The average Bonchev–Trinajstić information content (AvgIpc) is 2.28. The lowest BCUT2D eigenvalue weighted by Crippen LogP contribution is -2.03. The van der Waals surface area contributed by atoms with Crippen molar-refractivity contribution in [3.05, 3.63) is 32.8 Å². The number of nitrogens with one attached hydrogen (secondary N) is 1. The van der Waals surface area contributed by atoms with Gasteiger partial charge in [0.2, 0.25) is 0 Å². The molecule has 17 heavy (non-hydrogen) atoms. The Kier molecular flexibility index (Phi) is 5.22. The Labute approximate surface area is 106 Å². The third-order valence-electron chi connectivity index (χ3n) is 2.59. The maximum atomic E-state index is 10.7. The van der Waals surface area contributed by atoms with Crippen LogP contribution in [0.2, 0.25) is 5.02 Å². The lowest BCUT2D eigenvalue weighted by molar-refractivity contribution is -0.384. The molecule has 0 atom stereocenters. The molecule has 1 aromatic carbocycles. The molecule has 1 N–H and O–H groups in total. The Hall–Kier alpha value is -1.29. The van der Waals surface area contributed by atoms with Crippen LogP contribution in [0.4, 0.5) is 11.4 Å². The van der Waals surface area contributed by atoms with Crippen molar-refractivity contribution in [2.45, 2.75) is 33.1 Å². The van der Waals surface area contributed by atoms with Crippen LogP contribution in [0, 0.1) is 17.0 Å². The Morgan fingerprint density at radius 2 is 2.12 bits per heavy atom. The monoisotopic (exact) mass is 256 g/mol. The molecule has 0 unspecified atom stereocenters. The van der Waals surface area contributed by atoms with E-state index in [2.05, 4.69) is 12.2 Å². The van der Waals surface area contributed by atoms with E-state index in [1.54, 1.807) is 6.07 Å². The molecule has 0 aromatic heterocycles. The molecule has 5 heteroatoms. The minimum absolute atomic E-state index is 0.0386. The molecule has 1 rings (SSSR count). The van der Waals surface area contributed by atoms with Crippen molar-refractivity contribution in [3.63, 3.8) is 0 Å². The fraction of sp³-hybridized carbons (Fsp3) is 0.500. The first-order valence-electron chi connectivity index (χ1n) is 5.74. The number of nitro groups is 1. The van der Waals surface area contributed by atoms with Crippen LogP contribution >= 0.6 is 11.6 Å². The van der Waals surface area contributed by atoms with Crippen LogP contribution in [0.5, 0.6) is 0 Å². The molecule has 0 saturated heterocycles. The van der Waals surface area contributed by atoms with Gasteiger partial charge >= 0.3 is 0 Å². The molecule has 0 heterocycles. The Balaban J connectivity index is 2.74. The number of aryl methyl sites for hydroxylation is 1. The zero-order valence-electron chi connectivity index (χ0n) is 10.1. The van der Waals surface area contributed by atoms with Gasteiger partial charge in [0.1, 0.15) is 5.02 Å². The molecular weight excluding hydrogens is 240 g/mol. The maximum absolute atomic E-state index is 10.7. The number of rotatable bonds is 6. The predicted molar refractivity (Wildman–Crippen MR) is 70.9 cm³/mol.